The van der Waals surface area contributed by atoms with E-state index in [1.54, 1.807) is 0 Å². The summed E-state index contributed by atoms with van der Waals surface area (Å²) in [5, 5.41) is 3.62. The van der Waals surface area contributed by atoms with Gasteiger partial charge < -0.3 is 15.8 Å². The smallest absolute Gasteiger partial charge is 0.144 e. The van der Waals surface area contributed by atoms with Crippen molar-refractivity contribution >= 4 is 11.4 Å². The molecule has 106 valence electrons. The molecule has 1 aromatic rings. The Hall–Kier alpha value is -1.38. The SMILES string of the molecule is CCOc1cccc(NC2CCC(CC)C2C)c1N. The first-order valence-corrected chi connectivity index (χ1v) is 7.45. The first-order valence-electron chi connectivity index (χ1n) is 7.45. The molecule has 0 amide bonds. The van der Waals surface area contributed by atoms with Gasteiger partial charge in [0.05, 0.1) is 18.0 Å². The van der Waals surface area contributed by atoms with Crippen LogP contribution >= 0.6 is 0 Å². The van der Waals surface area contributed by atoms with Gasteiger partial charge in [-0.05, 0) is 43.7 Å². The summed E-state index contributed by atoms with van der Waals surface area (Å²) >= 11 is 0. The molecule has 0 aromatic heterocycles. The molecule has 1 aromatic carbocycles. The van der Waals surface area contributed by atoms with Crippen LogP contribution < -0.4 is 15.8 Å². The zero-order chi connectivity index (χ0) is 13.8. The van der Waals surface area contributed by atoms with Crippen LogP contribution in [-0.4, -0.2) is 12.6 Å². The highest BCUT2D eigenvalue weighted by Crippen LogP contribution is 2.38. The quantitative estimate of drug-likeness (QED) is 0.791. The molecule has 3 heteroatoms. The summed E-state index contributed by atoms with van der Waals surface area (Å²) in [6.07, 6.45) is 3.83. The molecule has 0 spiro atoms. The molecule has 1 aliphatic carbocycles. The lowest BCUT2D eigenvalue weighted by Gasteiger charge is -2.23. The van der Waals surface area contributed by atoms with Gasteiger partial charge in [-0.15, -0.1) is 0 Å². The first kappa shape index (κ1) is 14.0. The van der Waals surface area contributed by atoms with E-state index < -0.39 is 0 Å². The van der Waals surface area contributed by atoms with E-state index in [4.69, 9.17) is 10.5 Å². The fourth-order valence-electron chi connectivity index (χ4n) is 3.18. The lowest BCUT2D eigenvalue weighted by Crippen LogP contribution is -2.25. The number of ether oxygens (including phenoxy) is 1. The highest BCUT2D eigenvalue weighted by Gasteiger charge is 2.31. The van der Waals surface area contributed by atoms with Crippen molar-refractivity contribution in [2.75, 3.05) is 17.7 Å². The van der Waals surface area contributed by atoms with Crippen LogP contribution in [0.15, 0.2) is 18.2 Å². The van der Waals surface area contributed by atoms with Crippen LogP contribution in [0.25, 0.3) is 0 Å². The summed E-state index contributed by atoms with van der Waals surface area (Å²) in [6.45, 7) is 7.25. The van der Waals surface area contributed by atoms with Crippen LogP contribution in [-0.2, 0) is 0 Å². The van der Waals surface area contributed by atoms with Crippen molar-refractivity contribution in [1.29, 1.82) is 0 Å². The van der Waals surface area contributed by atoms with E-state index in [1.807, 2.05) is 25.1 Å². The van der Waals surface area contributed by atoms with E-state index in [2.05, 4.69) is 19.2 Å². The highest BCUT2D eigenvalue weighted by molar-refractivity contribution is 5.73. The molecule has 2 rings (SSSR count). The number of hydrogen-bond donors (Lipinski definition) is 2. The van der Waals surface area contributed by atoms with Crippen LogP contribution in [0, 0.1) is 11.8 Å². The maximum absolute atomic E-state index is 6.17. The number of nitrogens with two attached hydrogens (primary N) is 1. The summed E-state index contributed by atoms with van der Waals surface area (Å²) in [5.74, 6) is 2.33. The third-order valence-corrected chi connectivity index (χ3v) is 4.46. The van der Waals surface area contributed by atoms with Gasteiger partial charge in [-0.25, -0.2) is 0 Å². The van der Waals surface area contributed by atoms with Gasteiger partial charge in [0.2, 0.25) is 0 Å². The average molecular weight is 262 g/mol. The number of rotatable bonds is 5. The van der Waals surface area contributed by atoms with Crippen molar-refractivity contribution < 1.29 is 4.74 Å². The lowest BCUT2D eigenvalue weighted by molar-refractivity contribution is 0.342. The molecule has 0 bridgehead atoms. The van der Waals surface area contributed by atoms with E-state index in [0.717, 1.165) is 23.0 Å². The van der Waals surface area contributed by atoms with Crippen LogP contribution in [0.2, 0.25) is 0 Å². The van der Waals surface area contributed by atoms with E-state index in [1.165, 1.54) is 19.3 Å². The van der Waals surface area contributed by atoms with Crippen LogP contribution in [0.4, 0.5) is 11.4 Å². The number of nitrogens with one attached hydrogen (secondary N) is 1. The van der Waals surface area contributed by atoms with Gasteiger partial charge in [0, 0.05) is 6.04 Å². The first-order chi connectivity index (χ1) is 9.17. The molecule has 3 N–H and O–H groups in total. The van der Waals surface area contributed by atoms with Crippen LogP contribution in [0.3, 0.4) is 0 Å². The molecule has 0 aliphatic heterocycles. The predicted molar refractivity (Wildman–Crippen MR) is 81.6 cm³/mol. The minimum absolute atomic E-state index is 0.532. The Balaban J connectivity index is 2.09. The molecule has 1 aliphatic rings. The third kappa shape index (κ3) is 2.96. The van der Waals surface area contributed by atoms with Gasteiger partial charge >= 0.3 is 0 Å². The summed E-state index contributed by atoms with van der Waals surface area (Å²) in [6, 6.07) is 6.51. The Kier molecular flexibility index (Phi) is 4.56. The Morgan fingerprint density at radius 1 is 1.32 bits per heavy atom. The summed E-state index contributed by atoms with van der Waals surface area (Å²) < 4.78 is 5.55. The second-order valence-electron chi connectivity index (χ2n) is 5.51. The van der Waals surface area contributed by atoms with Crippen molar-refractivity contribution in [2.45, 2.75) is 46.1 Å². The lowest BCUT2D eigenvalue weighted by atomic mass is 9.93. The summed E-state index contributed by atoms with van der Waals surface area (Å²) in [7, 11) is 0. The second-order valence-corrected chi connectivity index (χ2v) is 5.51. The molecular formula is C16H26N2O. The zero-order valence-corrected chi connectivity index (χ0v) is 12.3. The van der Waals surface area contributed by atoms with Crippen molar-refractivity contribution in [1.82, 2.24) is 0 Å². The van der Waals surface area contributed by atoms with Gasteiger partial charge in [-0.2, -0.15) is 0 Å². The number of nitrogen functional groups attached to an aromatic ring is 1. The zero-order valence-electron chi connectivity index (χ0n) is 12.3. The van der Waals surface area contributed by atoms with Gasteiger partial charge in [0.25, 0.3) is 0 Å². The Morgan fingerprint density at radius 2 is 2.11 bits per heavy atom. The van der Waals surface area contributed by atoms with Crippen LogP contribution in [0.5, 0.6) is 5.75 Å². The minimum atomic E-state index is 0.532. The van der Waals surface area contributed by atoms with E-state index in [-0.39, 0.29) is 0 Å². The van der Waals surface area contributed by atoms with E-state index in [9.17, 15) is 0 Å². The molecule has 1 saturated carbocycles. The number of benzene rings is 1. The molecule has 0 saturated heterocycles. The molecule has 3 atom stereocenters. The fourth-order valence-corrected chi connectivity index (χ4v) is 3.18. The monoisotopic (exact) mass is 262 g/mol. The van der Waals surface area contributed by atoms with Gasteiger partial charge in [-0.3, -0.25) is 0 Å². The normalized spacial score (nSPS) is 26.4. The standard InChI is InChI=1S/C16H26N2O/c1-4-12-9-10-13(11(12)3)18-14-7-6-8-15(16(14)17)19-5-2/h6-8,11-13,18H,4-5,9-10,17H2,1-3H3. The van der Waals surface area contributed by atoms with Crippen molar-refractivity contribution in [3.05, 3.63) is 18.2 Å². The molecule has 19 heavy (non-hydrogen) atoms. The maximum atomic E-state index is 6.17. The van der Waals surface area contributed by atoms with Crippen molar-refractivity contribution in [2.24, 2.45) is 11.8 Å². The topological polar surface area (TPSA) is 47.3 Å². The Labute approximate surface area is 116 Å². The van der Waals surface area contributed by atoms with E-state index in [0.29, 0.717) is 18.6 Å². The van der Waals surface area contributed by atoms with Gasteiger partial charge in [0.15, 0.2) is 0 Å². The van der Waals surface area contributed by atoms with Gasteiger partial charge in [-0.1, -0.05) is 26.3 Å². The van der Waals surface area contributed by atoms with Crippen molar-refractivity contribution in [3.63, 3.8) is 0 Å². The second kappa shape index (κ2) is 6.18. The van der Waals surface area contributed by atoms with Crippen molar-refractivity contribution in [3.8, 4) is 5.75 Å². The fraction of sp³-hybridized carbons (Fsp3) is 0.625. The average Bonchev–Trinajstić information content (AvgIpc) is 2.75. The predicted octanol–water partition coefficient (Wildman–Crippen LogP) is 3.90. The highest BCUT2D eigenvalue weighted by atomic mass is 16.5. The Bertz CT molecular complexity index is 419. The number of hydrogen-bond acceptors (Lipinski definition) is 3. The molecule has 3 unspecified atom stereocenters. The summed E-state index contributed by atoms with van der Waals surface area (Å²) in [5.41, 5.74) is 7.92. The maximum Gasteiger partial charge on any atom is 0.144 e. The van der Waals surface area contributed by atoms with E-state index >= 15 is 0 Å². The molecule has 0 radical (unpaired) electrons. The molecule has 0 heterocycles. The largest absolute Gasteiger partial charge is 0.492 e. The third-order valence-electron chi connectivity index (χ3n) is 4.46. The summed E-state index contributed by atoms with van der Waals surface area (Å²) in [4.78, 5) is 0. The number of para-hydroxylation sites is 1. The Morgan fingerprint density at radius 3 is 2.74 bits per heavy atom. The minimum Gasteiger partial charge on any atom is -0.492 e. The van der Waals surface area contributed by atoms with Gasteiger partial charge in [0.1, 0.15) is 5.75 Å². The van der Waals surface area contributed by atoms with Crippen LogP contribution in [0.1, 0.15) is 40.0 Å². The molecule has 1 fully saturated rings. The molecule has 3 nitrogen and oxygen atoms in total. The molecular weight excluding hydrogens is 236 g/mol. The number of anilines is 2.